The lowest BCUT2D eigenvalue weighted by Crippen LogP contribution is -2.48. The van der Waals surface area contributed by atoms with Crippen molar-refractivity contribution in [3.8, 4) is 0 Å². The summed E-state index contributed by atoms with van der Waals surface area (Å²) in [5.74, 6) is -0.432. The van der Waals surface area contributed by atoms with Gasteiger partial charge in [-0.3, -0.25) is 9.59 Å². The first-order valence-corrected chi connectivity index (χ1v) is 8.92. The minimum absolute atomic E-state index is 0.185. The molecule has 0 aliphatic carbocycles. The van der Waals surface area contributed by atoms with Crippen LogP contribution in [-0.4, -0.2) is 24.4 Å². The second-order valence-electron chi connectivity index (χ2n) is 6.22. The molecule has 0 radical (unpaired) electrons. The zero-order chi connectivity index (χ0) is 18.9. The summed E-state index contributed by atoms with van der Waals surface area (Å²) in [6, 6.07) is 22.1. The monoisotopic (exact) mass is 362 g/mol. The molecule has 0 aliphatic rings. The normalized spacial score (nSPS) is 11.6. The van der Waals surface area contributed by atoms with Gasteiger partial charge in [-0.2, -0.15) is 0 Å². The van der Waals surface area contributed by atoms with Crippen molar-refractivity contribution in [2.24, 2.45) is 0 Å². The lowest BCUT2D eigenvalue weighted by atomic mass is 10.0. The third-order valence-corrected chi connectivity index (χ3v) is 4.21. The number of benzene rings is 2. The Hall–Kier alpha value is -3.34. The number of carbonyl (C=O) groups excluding carboxylic acids is 2. The van der Waals surface area contributed by atoms with E-state index in [1.807, 2.05) is 60.7 Å². The van der Waals surface area contributed by atoms with E-state index in [4.69, 9.17) is 4.42 Å². The number of carbonyl (C=O) groups is 2. The molecular formula is C22H22N2O3. The van der Waals surface area contributed by atoms with Crippen molar-refractivity contribution in [1.29, 1.82) is 0 Å². The molecule has 5 heteroatoms. The van der Waals surface area contributed by atoms with Crippen LogP contribution in [0.4, 0.5) is 0 Å². The molecule has 1 aromatic heterocycles. The van der Waals surface area contributed by atoms with E-state index in [9.17, 15) is 9.59 Å². The predicted octanol–water partition coefficient (Wildman–Crippen LogP) is 2.98. The first-order chi connectivity index (χ1) is 13.2. The van der Waals surface area contributed by atoms with Crippen LogP contribution in [0.2, 0.25) is 0 Å². The highest BCUT2D eigenvalue weighted by Gasteiger charge is 2.22. The van der Waals surface area contributed by atoms with Crippen molar-refractivity contribution in [2.45, 2.75) is 18.9 Å². The van der Waals surface area contributed by atoms with E-state index in [0.29, 0.717) is 13.0 Å². The van der Waals surface area contributed by atoms with Gasteiger partial charge in [-0.15, -0.1) is 0 Å². The minimum Gasteiger partial charge on any atom is -0.459 e. The van der Waals surface area contributed by atoms with Gasteiger partial charge >= 0.3 is 0 Å². The Morgan fingerprint density at radius 1 is 0.852 bits per heavy atom. The molecule has 5 nitrogen and oxygen atoms in total. The Kier molecular flexibility index (Phi) is 6.41. The SMILES string of the molecule is O=C(NC(Cc1ccccc1)C(=O)NCCc1ccccc1)c1ccco1. The zero-order valence-corrected chi connectivity index (χ0v) is 14.9. The van der Waals surface area contributed by atoms with Crippen molar-refractivity contribution in [3.63, 3.8) is 0 Å². The van der Waals surface area contributed by atoms with Gasteiger partial charge < -0.3 is 15.1 Å². The van der Waals surface area contributed by atoms with Crippen LogP contribution in [0.15, 0.2) is 83.5 Å². The molecule has 0 saturated heterocycles. The summed E-state index contributed by atoms with van der Waals surface area (Å²) in [6.07, 6.45) is 2.57. The minimum atomic E-state index is -0.680. The molecule has 0 aliphatic heterocycles. The van der Waals surface area contributed by atoms with Gasteiger partial charge in [0.2, 0.25) is 5.91 Å². The standard InChI is InChI=1S/C22H22N2O3/c25-21(23-14-13-17-8-3-1-4-9-17)19(16-18-10-5-2-6-11-18)24-22(26)20-12-7-15-27-20/h1-12,15,19H,13-14,16H2,(H,23,25)(H,24,26). The van der Waals surface area contributed by atoms with Gasteiger partial charge in [0.1, 0.15) is 6.04 Å². The smallest absolute Gasteiger partial charge is 0.287 e. The predicted molar refractivity (Wildman–Crippen MR) is 103 cm³/mol. The van der Waals surface area contributed by atoms with Crippen LogP contribution >= 0.6 is 0 Å². The summed E-state index contributed by atoms with van der Waals surface area (Å²) in [7, 11) is 0. The summed E-state index contributed by atoms with van der Waals surface area (Å²) < 4.78 is 5.12. The fourth-order valence-electron chi connectivity index (χ4n) is 2.79. The van der Waals surface area contributed by atoms with Crippen LogP contribution in [0.1, 0.15) is 21.7 Å². The molecule has 3 rings (SSSR count). The summed E-state index contributed by atoms with van der Waals surface area (Å²) in [6.45, 7) is 0.505. The molecule has 2 N–H and O–H groups in total. The Balaban J connectivity index is 1.62. The average molecular weight is 362 g/mol. The van der Waals surface area contributed by atoms with Crippen LogP contribution in [0, 0.1) is 0 Å². The maximum absolute atomic E-state index is 12.7. The van der Waals surface area contributed by atoms with Crippen molar-refractivity contribution >= 4 is 11.8 Å². The quantitative estimate of drug-likeness (QED) is 0.647. The Morgan fingerprint density at radius 2 is 1.52 bits per heavy atom. The summed E-state index contributed by atoms with van der Waals surface area (Å²) in [4.78, 5) is 25.0. The van der Waals surface area contributed by atoms with Crippen LogP contribution < -0.4 is 10.6 Å². The van der Waals surface area contributed by atoms with Gasteiger partial charge in [0.15, 0.2) is 5.76 Å². The molecule has 2 amide bonds. The molecule has 1 heterocycles. The lowest BCUT2D eigenvalue weighted by Gasteiger charge is -2.18. The molecule has 1 atom stereocenters. The van der Waals surface area contributed by atoms with Gasteiger partial charge in [0.25, 0.3) is 5.91 Å². The highest BCUT2D eigenvalue weighted by atomic mass is 16.3. The molecule has 138 valence electrons. The topological polar surface area (TPSA) is 71.3 Å². The van der Waals surface area contributed by atoms with Crippen LogP contribution in [0.3, 0.4) is 0 Å². The van der Waals surface area contributed by atoms with E-state index in [1.165, 1.54) is 6.26 Å². The number of amides is 2. The summed E-state index contributed by atoms with van der Waals surface area (Å²) in [5.41, 5.74) is 2.12. The number of hydrogen-bond donors (Lipinski definition) is 2. The molecule has 0 bridgehead atoms. The number of nitrogens with one attached hydrogen (secondary N) is 2. The molecular weight excluding hydrogens is 340 g/mol. The van der Waals surface area contributed by atoms with Crippen molar-refractivity contribution in [1.82, 2.24) is 10.6 Å². The van der Waals surface area contributed by atoms with Gasteiger partial charge in [-0.25, -0.2) is 0 Å². The first kappa shape index (κ1) is 18.5. The van der Waals surface area contributed by atoms with E-state index in [2.05, 4.69) is 10.6 Å². The van der Waals surface area contributed by atoms with Gasteiger partial charge in [-0.05, 0) is 29.7 Å². The third-order valence-electron chi connectivity index (χ3n) is 4.21. The second-order valence-corrected chi connectivity index (χ2v) is 6.22. The number of rotatable bonds is 8. The van der Waals surface area contributed by atoms with E-state index < -0.39 is 11.9 Å². The highest BCUT2D eigenvalue weighted by Crippen LogP contribution is 2.06. The van der Waals surface area contributed by atoms with Gasteiger partial charge in [0.05, 0.1) is 6.26 Å². The molecule has 1 unspecified atom stereocenters. The fraction of sp³-hybridized carbons (Fsp3) is 0.182. The first-order valence-electron chi connectivity index (χ1n) is 8.92. The highest BCUT2D eigenvalue weighted by molar-refractivity contribution is 5.95. The van der Waals surface area contributed by atoms with Crippen LogP contribution in [0.5, 0.6) is 0 Å². The van der Waals surface area contributed by atoms with E-state index in [0.717, 1.165) is 17.5 Å². The lowest BCUT2D eigenvalue weighted by molar-refractivity contribution is -0.122. The second kappa shape index (κ2) is 9.38. The fourth-order valence-corrected chi connectivity index (χ4v) is 2.79. The molecule has 0 saturated carbocycles. The Morgan fingerprint density at radius 3 is 2.15 bits per heavy atom. The maximum atomic E-state index is 12.7. The number of hydrogen-bond acceptors (Lipinski definition) is 3. The molecule has 0 fully saturated rings. The molecule has 27 heavy (non-hydrogen) atoms. The molecule has 2 aromatic carbocycles. The zero-order valence-electron chi connectivity index (χ0n) is 14.9. The van der Waals surface area contributed by atoms with Crippen molar-refractivity contribution in [2.75, 3.05) is 6.54 Å². The Bertz CT molecular complexity index is 846. The van der Waals surface area contributed by atoms with Crippen molar-refractivity contribution < 1.29 is 14.0 Å². The van der Waals surface area contributed by atoms with E-state index in [1.54, 1.807) is 12.1 Å². The third kappa shape index (κ3) is 5.57. The number of furan rings is 1. The van der Waals surface area contributed by atoms with Gasteiger partial charge in [0, 0.05) is 13.0 Å². The largest absolute Gasteiger partial charge is 0.459 e. The van der Waals surface area contributed by atoms with E-state index >= 15 is 0 Å². The molecule has 3 aromatic rings. The van der Waals surface area contributed by atoms with E-state index in [-0.39, 0.29) is 11.7 Å². The maximum Gasteiger partial charge on any atom is 0.287 e. The molecule has 0 spiro atoms. The van der Waals surface area contributed by atoms with Crippen LogP contribution in [0.25, 0.3) is 0 Å². The Labute approximate surface area is 158 Å². The summed E-state index contributed by atoms with van der Waals surface area (Å²) in [5, 5.41) is 5.69. The van der Waals surface area contributed by atoms with Crippen molar-refractivity contribution in [3.05, 3.63) is 95.9 Å². The summed E-state index contributed by atoms with van der Waals surface area (Å²) >= 11 is 0. The van der Waals surface area contributed by atoms with Crippen LogP contribution in [-0.2, 0) is 17.6 Å². The van der Waals surface area contributed by atoms with Gasteiger partial charge in [-0.1, -0.05) is 60.7 Å². The average Bonchev–Trinajstić information content (AvgIpc) is 3.24.